The van der Waals surface area contributed by atoms with Crippen LogP contribution in [0.4, 0.5) is 5.82 Å². The first-order valence-electron chi connectivity index (χ1n) is 8.32. The SMILES string of the molecule is CC(=O)N1CCCN(c2nc3c(Cl)cccc3cc2C(C)N)CC1. The molecule has 3 rings (SSSR count). The molecule has 2 heterocycles. The molecule has 1 fully saturated rings. The quantitative estimate of drug-likeness (QED) is 0.908. The highest BCUT2D eigenvalue weighted by Gasteiger charge is 2.21. The highest BCUT2D eigenvalue weighted by molar-refractivity contribution is 6.35. The Bertz CT molecular complexity index is 762. The molecule has 0 spiro atoms. The first-order chi connectivity index (χ1) is 11.5. The van der Waals surface area contributed by atoms with Crippen LogP contribution in [0, 0.1) is 0 Å². The van der Waals surface area contributed by atoms with Crippen LogP contribution in [0.3, 0.4) is 0 Å². The second kappa shape index (κ2) is 6.95. The number of anilines is 1. The summed E-state index contributed by atoms with van der Waals surface area (Å²) in [5, 5.41) is 1.64. The molecule has 1 aliphatic heterocycles. The Hall–Kier alpha value is -1.85. The van der Waals surface area contributed by atoms with Gasteiger partial charge in [-0.05, 0) is 25.5 Å². The van der Waals surface area contributed by atoms with Gasteiger partial charge in [0.2, 0.25) is 5.91 Å². The molecule has 0 radical (unpaired) electrons. The number of amides is 1. The predicted molar refractivity (Wildman–Crippen MR) is 98.4 cm³/mol. The number of nitrogens with two attached hydrogens (primary N) is 1. The van der Waals surface area contributed by atoms with Gasteiger partial charge in [0.1, 0.15) is 5.82 Å². The lowest BCUT2D eigenvalue weighted by Crippen LogP contribution is -2.34. The molecule has 1 aromatic heterocycles. The lowest BCUT2D eigenvalue weighted by Gasteiger charge is -2.26. The number of nitrogens with zero attached hydrogens (tertiary/aromatic N) is 3. The van der Waals surface area contributed by atoms with Crippen LogP contribution >= 0.6 is 11.6 Å². The van der Waals surface area contributed by atoms with Crippen LogP contribution < -0.4 is 10.6 Å². The van der Waals surface area contributed by atoms with E-state index in [0.717, 1.165) is 48.3 Å². The van der Waals surface area contributed by atoms with Gasteiger partial charge in [-0.3, -0.25) is 4.79 Å². The lowest BCUT2D eigenvalue weighted by atomic mass is 10.1. The largest absolute Gasteiger partial charge is 0.354 e. The van der Waals surface area contributed by atoms with Gasteiger partial charge in [-0.15, -0.1) is 0 Å². The number of fused-ring (bicyclic) bond motifs is 1. The molecule has 6 heteroatoms. The molecule has 1 amide bonds. The Balaban J connectivity index is 2.02. The number of halogens is 1. The Morgan fingerprint density at radius 3 is 2.79 bits per heavy atom. The van der Waals surface area contributed by atoms with Gasteiger partial charge in [-0.2, -0.15) is 0 Å². The molecule has 0 aliphatic carbocycles. The number of carbonyl (C=O) groups excluding carboxylic acids is 1. The third kappa shape index (κ3) is 3.32. The van der Waals surface area contributed by atoms with Gasteiger partial charge in [-0.1, -0.05) is 23.7 Å². The van der Waals surface area contributed by atoms with E-state index in [0.29, 0.717) is 11.6 Å². The monoisotopic (exact) mass is 346 g/mol. The molecular formula is C18H23ClN4O. The molecule has 2 aromatic rings. The summed E-state index contributed by atoms with van der Waals surface area (Å²) >= 11 is 6.33. The fraction of sp³-hybridized carbons (Fsp3) is 0.444. The molecule has 2 N–H and O–H groups in total. The molecule has 0 bridgehead atoms. The van der Waals surface area contributed by atoms with E-state index >= 15 is 0 Å². The summed E-state index contributed by atoms with van der Waals surface area (Å²) in [6.07, 6.45) is 0.917. The van der Waals surface area contributed by atoms with Crippen LogP contribution in [0.5, 0.6) is 0 Å². The third-order valence-electron chi connectivity index (χ3n) is 4.54. The Morgan fingerprint density at radius 2 is 2.08 bits per heavy atom. The van der Waals surface area contributed by atoms with Gasteiger partial charge in [0.05, 0.1) is 10.5 Å². The van der Waals surface area contributed by atoms with Crippen LogP contribution in [0.25, 0.3) is 10.9 Å². The summed E-state index contributed by atoms with van der Waals surface area (Å²) in [7, 11) is 0. The molecule has 1 aliphatic rings. The summed E-state index contributed by atoms with van der Waals surface area (Å²) < 4.78 is 0. The number of para-hydroxylation sites is 1. The summed E-state index contributed by atoms with van der Waals surface area (Å²) in [4.78, 5) is 20.6. The molecule has 1 saturated heterocycles. The zero-order valence-electron chi connectivity index (χ0n) is 14.1. The molecule has 1 aromatic carbocycles. The van der Waals surface area contributed by atoms with Crippen molar-refractivity contribution in [1.29, 1.82) is 0 Å². The second-order valence-corrected chi connectivity index (χ2v) is 6.76. The Kier molecular flexibility index (Phi) is 4.92. The first kappa shape index (κ1) is 17.0. The molecular weight excluding hydrogens is 324 g/mol. The average molecular weight is 347 g/mol. The molecule has 128 valence electrons. The van der Waals surface area contributed by atoms with Gasteiger partial charge in [0, 0.05) is 50.1 Å². The topological polar surface area (TPSA) is 62.5 Å². The van der Waals surface area contributed by atoms with Crippen molar-refractivity contribution in [3.63, 3.8) is 0 Å². The van der Waals surface area contributed by atoms with E-state index in [9.17, 15) is 4.79 Å². The van der Waals surface area contributed by atoms with Crippen molar-refractivity contribution < 1.29 is 4.79 Å². The third-order valence-corrected chi connectivity index (χ3v) is 4.84. The van der Waals surface area contributed by atoms with Crippen molar-refractivity contribution in [3.8, 4) is 0 Å². The molecule has 0 saturated carbocycles. The van der Waals surface area contributed by atoms with E-state index in [1.807, 2.05) is 30.0 Å². The standard InChI is InChI=1S/C18H23ClN4O/c1-12(20)15-11-14-5-3-6-16(19)17(14)21-18(15)23-8-4-7-22(9-10-23)13(2)24/h3,5-6,11-12H,4,7-10,20H2,1-2H3. The zero-order valence-corrected chi connectivity index (χ0v) is 14.9. The summed E-state index contributed by atoms with van der Waals surface area (Å²) in [6, 6.07) is 7.74. The van der Waals surface area contributed by atoms with Gasteiger partial charge in [0.15, 0.2) is 0 Å². The Morgan fingerprint density at radius 1 is 1.29 bits per heavy atom. The maximum atomic E-state index is 11.6. The average Bonchev–Trinajstić information content (AvgIpc) is 2.80. The Labute approximate surface area is 147 Å². The summed E-state index contributed by atoms with van der Waals surface area (Å²) in [5.74, 6) is 1.01. The van der Waals surface area contributed by atoms with E-state index in [1.165, 1.54) is 0 Å². The minimum absolute atomic E-state index is 0.122. The second-order valence-electron chi connectivity index (χ2n) is 6.35. The zero-order chi connectivity index (χ0) is 17.3. The van der Waals surface area contributed by atoms with Crippen LogP contribution in [-0.2, 0) is 4.79 Å². The van der Waals surface area contributed by atoms with Gasteiger partial charge < -0.3 is 15.5 Å². The van der Waals surface area contributed by atoms with Crippen molar-refractivity contribution in [2.75, 3.05) is 31.1 Å². The maximum absolute atomic E-state index is 11.6. The minimum Gasteiger partial charge on any atom is -0.354 e. The van der Waals surface area contributed by atoms with Crippen molar-refractivity contribution in [2.45, 2.75) is 26.3 Å². The summed E-state index contributed by atoms with van der Waals surface area (Å²) in [5.41, 5.74) is 8.01. The van der Waals surface area contributed by atoms with Gasteiger partial charge >= 0.3 is 0 Å². The van der Waals surface area contributed by atoms with Crippen LogP contribution in [-0.4, -0.2) is 42.0 Å². The van der Waals surface area contributed by atoms with Gasteiger partial charge in [-0.25, -0.2) is 4.98 Å². The fourth-order valence-corrected chi connectivity index (χ4v) is 3.43. The smallest absolute Gasteiger partial charge is 0.219 e. The highest BCUT2D eigenvalue weighted by atomic mass is 35.5. The van der Waals surface area contributed by atoms with Crippen LogP contribution in [0.15, 0.2) is 24.3 Å². The van der Waals surface area contributed by atoms with Crippen molar-refractivity contribution in [1.82, 2.24) is 9.88 Å². The number of hydrogen-bond donors (Lipinski definition) is 1. The van der Waals surface area contributed by atoms with E-state index in [4.69, 9.17) is 22.3 Å². The van der Waals surface area contributed by atoms with Crippen molar-refractivity contribution in [3.05, 3.63) is 34.9 Å². The van der Waals surface area contributed by atoms with Gasteiger partial charge in [0.25, 0.3) is 0 Å². The fourth-order valence-electron chi connectivity index (χ4n) is 3.20. The number of benzene rings is 1. The predicted octanol–water partition coefficient (Wildman–Crippen LogP) is 2.97. The maximum Gasteiger partial charge on any atom is 0.219 e. The molecule has 5 nitrogen and oxygen atoms in total. The number of rotatable bonds is 2. The minimum atomic E-state index is -0.122. The van der Waals surface area contributed by atoms with E-state index < -0.39 is 0 Å². The molecule has 1 atom stereocenters. The van der Waals surface area contributed by atoms with Crippen LogP contribution in [0.2, 0.25) is 5.02 Å². The number of hydrogen-bond acceptors (Lipinski definition) is 4. The van der Waals surface area contributed by atoms with Crippen LogP contribution in [0.1, 0.15) is 31.9 Å². The molecule has 24 heavy (non-hydrogen) atoms. The highest BCUT2D eigenvalue weighted by Crippen LogP contribution is 2.31. The van der Waals surface area contributed by atoms with E-state index in [-0.39, 0.29) is 11.9 Å². The first-order valence-corrected chi connectivity index (χ1v) is 8.70. The lowest BCUT2D eigenvalue weighted by molar-refractivity contribution is -0.128. The van der Waals surface area contributed by atoms with Crippen molar-refractivity contribution >= 4 is 34.2 Å². The molecule has 1 unspecified atom stereocenters. The number of pyridine rings is 1. The van der Waals surface area contributed by atoms with E-state index in [2.05, 4.69) is 11.0 Å². The number of aromatic nitrogens is 1. The summed E-state index contributed by atoms with van der Waals surface area (Å²) in [6.45, 7) is 6.69. The van der Waals surface area contributed by atoms with E-state index in [1.54, 1.807) is 6.92 Å². The normalized spacial score (nSPS) is 17.0. The van der Waals surface area contributed by atoms with Crippen molar-refractivity contribution in [2.24, 2.45) is 5.73 Å². The number of carbonyl (C=O) groups is 1.